The third-order valence-electron chi connectivity index (χ3n) is 1.50. The van der Waals surface area contributed by atoms with E-state index in [1.165, 1.54) is 0 Å². The molecule has 0 aliphatic carbocycles. The summed E-state index contributed by atoms with van der Waals surface area (Å²) in [5, 5.41) is 0. The van der Waals surface area contributed by atoms with Gasteiger partial charge in [0.1, 0.15) is 0 Å². The molecule has 0 aliphatic rings. The van der Waals surface area contributed by atoms with Crippen molar-refractivity contribution in [2.24, 2.45) is 0 Å². The number of rotatable bonds is 8. The summed E-state index contributed by atoms with van der Waals surface area (Å²) in [6, 6.07) is 0. The fourth-order valence-corrected chi connectivity index (χ4v) is 0.856. The third kappa shape index (κ3) is 25.0. The van der Waals surface area contributed by atoms with Gasteiger partial charge in [-0.3, -0.25) is 0 Å². The molecule has 0 radical (unpaired) electrons. The average molecular weight is 334 g/mol. The van der Waals surface area contributed by atoms with Crippen molar-refractivity contribution < 1.29 is 15.1 Å². The zero-order valence-electron chi connectivity index (χ0n) is 8.82. The molecule has 0 atom stereocenters. The van der Waals surface area contributed by atoms with Crippen LogP contribution in [0.4, 0.5) is 0 Å². The molecular weight excluding hydrogens is 316 g/mol. The van der Waals surface area contributed by atoms with Gasteiger partial charge in [0.15, 0.2) is 0 Å². The standard InChI is InChI=1S/C12H18.2ClH.Ru/c1-3-5-7-9-11-12-10-8-6-4-2;;;/h3-6,11-12H,1-2,7-10H2;2*1H;/q-2;;;+4/p-2/b12-11-;;;. The molecule has 88 valence electrons. The van der Waals surface area contributed by atoms with Gasteiger partial charge in [-0.25, -0.2) is 38.2 Å². The van der Waals surface area contributed by atoms with E-state index in [1.807, 2.05) is 12.2 Å². The molecule has 0 N–H and O–H groups in total. The molecule has 0 saturated carbocycles. The van der Waals surface area contributed by atoms with Gasteiger partial charge in [0.05, 0.1) is 0 Å². The van der Waals surface area contributed by atoms with Crippen LogP contribution in [0.25, 0.3) is 0 Å². The summed E-state index contributed by atoms with van der Waals surface area (Å²) in [5.74, 6) is 0. The van der Waals surface area contributed by atoms with E-state index in [0.717, 1.165) is 25.7 Å². The minimum atomic E-state index is -0.346. The van der Waals surface area contributed by atoms with Crippen LogP contribution in [0, 0.1) is 12.8 Å². The fourth-order valence-electron chi connectivity index (χ4n) is 0.856. The van der Waals surface area contributed by atoms with Crippen LogP contribution in [-0.4, -0.2) is 0 Å². The van der Waals surface area contributed by atoms with Crippen LogP contribution in [0.2, 0.25) is 0 Å². The molecule has 0 nitrogen and oxygen atoms in total. The van der Waals surface area contributed by atoms with Crippen molar-refractivity contribution in [2.75, 3.05) is 0 Å². The monoisotopic (exact) mass is 334 g/mol. The van der Waals surface area contributed by atoms with Gasteiger partial charge in [0.2, 0.25) is 0 Å². The SMILES string of the molecule is C=C[CH-]CC/C=C\CC[CH-]C=C.[Cl][Ru+2][Cl]. The van der Waals surface area contributed by atoms with Crippen molar-refractivity contribution in [1.29, 1.82) is 0 Å². The minimum absolute atomic E-state index is 0.346. The van der Waals surface area contributed by atoms with Crippen molar-refractivity contribution in [3.05, 3.63) is 50.3 Å². The molecule has 0 heterocycles. The summed E-state index contributed by atoms with van der Waals surface area (Å²) in [7, 11) is 9.71. The molecule has 0 aliphatic heterocycles. The molecule has 15 heavy (non-hydrogen) atoms. The van der Waals surface area contributed by atoms with E-state index in [9.17, 15) is 0 Å². The Hall–Kier alpha value is 0.163. The topological polar surface area (TPSA) is 0 Å². The summed E-state index contributed by atoms with van der Waals surface area (Å²) >= 11 is -0.346. The van der Waals surface area contributed by atoms with E-state index in [1.54, 1.807) is 0 Å². The molecule has 0 spiro atoms. The predicted octanol–water partition coefficient (Wildman–Crippen LogP) is 5.26. The second kappa shape index (κ2) is 19.7. The molecular formula is C12H18Cl2Ru. The first-order chi connectivity index (χ1) is 7.33. The summed E-state index contributed by atoms with van der Waals surface area (Å²) in [5.41, 5.74) is 0. The Morgan fingerprint density at radius 3 is 1.53 bits per heavy atom. The first-order valence-electron chi connectivity index (χ1n) is 4.72. The molecule has 0 amide bonds. The van der Waals surface area contributed by atoms with Gasteiger partial charge in [0.25, 0.3) is 0 Å². The van der Waals surface area contributed by atoms with Crippen molar-refractivity contribution in [3.8, 4) is 0 Å². The van der Waals surface area contributed by atoms with E-state index in [4.69, 9.17) is 19.4 Å². The molecule has 0 aromatic rings. The van der Waals surface area contributed by atoms with Crippen LogP contribution >= 0.6 is 19.4 Å². The number of halogens is 2. The molecule has 0 saturated heterocycles. The number of unbranched alkanes of at least 4 members (excludes halogenated alkanes) is 4. The average Bonchev–Trinajstić information content (AvgIpc) is 2.23. The van der Waals surface area contributed by atoms with E-state index in [2.05, 4.69) is 38.2 Å². The van der Waals surface area contributed by atoms with Gasteiger partial charge in [0, 0.05) is 0 Å². The zero-order chi connectivity index (χ0) is 11.8. The summed E-state index contributed by atoms with van der Waals surface area (Å²) < 4.78 is 0. The van der Waals surface area contributed by atoms with Crippen molar-refractivity contribution in [3.63, 3.8) is 0 Å². The molecule has 0 rings (SSSR count). The van der Waals surface area contributed by atoms with Gasteiger partial charge >= 0.3 is 34.5 Å². The van der Waals surface area contributed by atoms with Crippen LogP contribution < -0.4 is 0 Å². The third-order valence-corrected chi connectivity index (χ3v) is 1.50. The predicted molar refractivity (Wildman–Crippen MR) is 68.3 cm³/mol. The number of allylic oxidation sites excluding steroid dienone is 4. The Bertz CT molecular complexity index is 140. The molecule has 0 aromatic carbocycles. The van der Waals surface area contributed by atoms with E-state index in [0.29, 0.717) is 0 Å². The molecule has 0 bridgehead atoms. The molecule has 0 fully saturated rings. The van der Waals surface area contributed by atoms with Gasteiger partial charge in [-0.15, -0.1) is 0 Å². The Morgan fingerprint density at radius 1 is 0.933 bits per heavy atom. The first kappa shape index (κ1) is 17.6. The Kier molecular flexibility index (Phi) is 23.0. The zero-order valence-corrected chi connectivity index (χ0v) is 12.1. The van der Waals surface area contributed by atoms with Crippen LogP contribution in [-0.2, 0) is 15.1 Å². The van der Waals surface area contributed by atoms with Crippen LogP contribution in [0.15, 0.2) is 37.5 Å². The number of hydrogen-bond donors (Lipinski definition) is 0. The quantitative estimate of drug-likeness (QED) is 0.246. The van der Waals surface area contributed by atoms with Gasteiger partial charge in [-0.05, 0) is 12.8 Å². The van der Waals surface area contributed by atoms with Gasteiger partial charge in [-0.1, -0.05) is 25.0 Å². The second-order valence-corrected chi connectivity index (χ2v) is 5.26. The van der Waals surface area contributed by atoms with Gasteiger partial charge < -0.3 is 0 Å². The van der Waals surface area contributed by atoms with E-state index >= 15 is 0 Å². The number of hydrogen-bond acceptors (Lipinski definition) is 0. The Balaban J connectivity index is 0. The molecule has 0 aromatic heterocycles. The Labute approximate surface area is 110 Å². The van der Waals surface area contributed by atoms with Crippen molar-refractivity contribution in [1.82, 2.24) is 0 Å². The van der Waals surface area contributed by atoms with Gasteiger partial charge in [-0.2, -0.15) is 0 Å². The maximum absolute atomic E-state index is 4.85. The van der Waals surface area contributed by atoms with E-state index in [-0.39, 0.29) is 15.1 Å². The van der Waals surface area contributed by atoms with E-state index < -0.39 is 0 Å². The summed E-state index contributed by atoms with van der Waals surface area (Å²) in [4.78, 5) is 0. The van der Waals surface area contributed by atoms with Crippen molar-refractivity contribution in [2.45, 2.75) is 25.7 Å². The normalized spacial score (nSPS) is 8.93. The van der Waals surface area contributed by atoms with Crippen molar-refractivity contribution >= 4 is 19.4 Å². The first-order valence-corrected chi connectivity index (χ1v) is 9.19. The summed E-state index contributed by atoms with van der Waals surface area (Å²) in [6.07, 6.45) is 16.8. The van der Waals surface area contributed by atoms with Crippen LogP contribution in [0.5, 0.6) is 0 Å². The Morgan fingerprint density at radius 2 is 1.27 bits per heavy atom. The summed E-state index contributed by atoms with van der Waals surface area (Å²) in [6.45, 7) is 7.25. The van der Waals surface area contributed by atoms with Crippen LogP contribution in [0.3, 0.4) is 0 Å². The maximum atomic E-state index is 4.85. The molecule has 0 unspecified atom stereocenters. The second-order valence-electron chi connectivity index (χ2n) is 2.62. The van der Waals surface area contributed by atoms with Crippen LogP contribution in [0.1, 0.15) is 25.7 Å². The fraction of sp³-hybridized carbons (Fsp3) is 0.333. The molecule has 3 heteroatoms.